The van der Waals surface area contributed by atoms with Gasteiger partial charge >= 0.3 is 0 Å². The van der Waals surface area contributed by atoms with Crippen LogP contribution in [-0.2, 0) is 10.1 Å². The van der Waals surface area contributed by atoms with Crippen molar-refractivity contribution in [1.82, 2.24) is 0 Å². The molecule has 8 heteroatoms. The third kappa shape index (κ3) is 4.15. The second kappa shape index (κ2) is 5.53. The maximum atomic E-state index is 11.1. The fourth-order valence-corrected chi connectivity index (χ4v) is 1.88. The van der Waals surface area contributed by atoms with E-state index in [4.69, 9.17) is 24.2 Å². The topological polar surface area (TPSA) is 113 Å². The van der Waals surface area contributed by atoms with E-state index in [-0.39, 0.29) is 11.5 Å². The minimum absolute atomic E-state index is 0.0376. The molecule has 0 aliphatic heterocycles. The van der Waals surface area contributed by atoms with E-state index in [1.807, 2.05) is 0 Å². The van der Waals surface area contributed by atoms with Crippen LogP contribution in [0.15, 0.2) is 23.1 Å². The van der Waals surface area contributed by atoms with Crippen molar-refractivity contribution in [2.45, 2.75) is 31.3 Å². The SMILES string of the molecule is CC(O)Oc1ccc(OC(C)O)c(S(=O)(=O)O)c1. The van der Waals surface area contributed by atoms with Crippen LogP contribution in [0.25, 0.3) is 0 Å². The molecule has 0 amide bonds. The molecule has 0 aliphatic rings. The van der Waals surface area contributed by atoms with Gasteiger partial charge in [-0.15, -0.1) is 0 Å². The van der Waals surface area contributed by atoms with Crippen LogP contribution in [0.3, 0.4) is 0 Å². The van der Waals surface area contributed by atoms with Gasteiger partial charge in [-0.3, -0.25) is 4.55 Å². The molecule has 0 bridgehead atoms. The maximum absolute atomic E-state index is 11.1. The monoisotopic (exact) mass is 278 g/mol. The number of hydrogen-bond donors (Lipinski definition) is 3. The summed E-state index contributed by atoms with van der Waals surface area (Å²) in [5.41, 5.74) is 0. The predicted octanol–water partition coefficient (Wildman–Crippen LogP) is 0.367. The van der Waals surface area contributed by atoms with Crippen LogP contribution in [0.5, 0.6) is 11.5 Å². The minimum atomic E-state index is -4.54. The van der Waals surface area contributed by atoms with Gasteiger partial charge in [0, 0.05) is 6.07 Å². The summed E-state index contributed by atoms with van der Waals surface area (Å²) < 4.78 is 41.0. The van der Waals surface area contributed by atoms with Gasteiger partial charge in [0.2, 0.25) is 0 Å². The van der Waals surface area contributed by atoms with E-state index in [1.165, 1.54) is 26.0 Å². The van der Waals surface area contributed by atoms with Crippen molar-refractivity contribution in [3.8, 4) is 11.5 Å². The van der Waals surface area contributed by atoms with Crippen LogP contribution in [-0.4, -0.2) is 35.8 Å². The highest BCUT2D eigenvalue weighted by Gasteiger charge is 2.19. The van der Waals surface area contributed by atoms with E-state index in [9.17, 15) is 8.42 Å². The van der Waals surface area contributed by atoms with Gasteiger partial charge in [0.15, 0.2) is 12.6 Å². The second-order valence-electron chi connectivity index (χ2n) is 3.52. The first kappa shape index (κ1) is 14.7. The Kier molecular flexibility index (Phi) is 4.52. The molecule has 0 fully saturated rings. The normalized spacial score (nSPS) is 14.9. The number of ether oxygens (including phenoxy) is 2. The van der Waals surface area contributed by atoms with Gasteiger partial charge in [0.25, 0.3) is 10.1 Å². The summed E-state index contributed by atoms with van der Waals surface area (Å²) >= 11 is 0. The Morgan fingerprint density at radius 1 is 1.11 bits per heavy atom. The zero-order valence-electron chi connectivity index (χ0n) is 9.77. The molecule has 0 saturated heterocycles. The van der Waals surface area contributed by atoms with Crippen molar-refractivity contribution in [3.63, 3.8) is 0 Å². The molecular formula is C10H14O7S. The van der Waals surface area contributed by atoms with E-state index < -0.39 is 27.6 Å². The number of aliphatic hydroxyl groups excluding tert-OH is 2. The Balaban J connectivity index is 3.21. The fourth-order valence-electron chi connectivity index (χ4n) is 1.24. The van der Waals surface area contributed by atoms with Crippen LogP contribution < -0.4 is 9.47 Å². The summed E-state index contributed by atoms with van der Waals surface area (Å²) in [6.07, 6.45) is -2.38. The van der Waals surface area contributed by atoms with Crippen molar-refractivity contribution >= 4 is 10.1 Å². The highest BCUT2D eigenvalue weighted by molar-refractivity contribution is 7.86. The first-order valence-corrected chi connectivity index (χ1v) is 6.45. The van der Waals surface area contributed by atoms with Crippen LogP contribution in [0.4, 0.5) is 0 Å². The van der Waals surface area contributed by atoms with Gasteiger partial charge in [0.05, 0.1) is 0 Å². The summed E-state index contributed by atoms with van der Waals surface area (Å²) in [5, 5.41) is 18.0. The molecule has 1 aromatic carbocycles. The molecule has 3 N–H and O–H groups in total. The number of aliphatic hydroxyl groups is 2. The Labute approximate surface area is 104 Å². The highest BCUT2D eigenvalue weighted by Crippen LogP contribution is 2.29. The van der Waals surface area contributed by atoms with Gasteiger partial charge < -0.3 is 19.7 Å². The molecule has 2 unspecified atom stereocenters. The summed E-state index contributed by atoms with van der Waals surface area (Å²) in [5.74, 6) is -0.180. The predicted molar refractivity (Wildman–Crippen MR) is 60.9 cm³/mol. The molecule has 0 aromatic heterocycles. The summed E-state index contributed by atoms with van der Waals surface area (Å²) in [6.45, 7) is 2.63. The lowest BCUT2D eigenvalue weighted by Gasteiger charge is -2.14. The molecule has 0 saturated carbocycles. The average molecular weight is 278 g/mol. The van der Waals surface area contributed by atoms with Gasteiger partial charge in [-0.25, -0.2) is 0 Å². The lowest BCUT2D eigenvalue weighted by Crippen LogP contribution is -2.14. The maximum Gasteiger partial charge on any atom is 0.298 e. The Bertz CT molecular complexity index is 507. The quantitative estimate of drug-likeness (QED) is 0.526. The Hall–Kier alpha value is -1.35. The van der Waals surface area contributed by atoms with Gasteiger partial charge in [-0.2, -0.15) is 8.42 Å². The summed E-state index contributed by atoms with van der Waals surface area (Å²) in [6, 6.07) is 3.52. The van der Waals surface area contributed by atoms with Crippen molar-refractivity contribution in [2.75, 3.05) is 0 Å². The van der Waals surface area contributed by atoms with E-state index in [2.05, 4.69) is 0 Å². The molecule has 0 radical (unpaired) electrons. The fraction of sp³-hybridized carbons (Fsp3) is 0.400. The van der Waals surface area contributed by atoms with E-state index in [0.717, 1.165) is 6.07 Å². The van der Waals surface area contributed by atoms with Crippen molar-refractivity contribution in [1.29, 1.82) is 0 Å². The smallest absolute Gasteiger partial charge is 0.298 e. The third-order valence-electron chi connectivity index (χ3n) is 1.80. The average Bonchev–Trinajstić information content (AvgIpc) is 2.17. The van der Waals surface area contributed by atoms with Crippen molar-refractivity contribution in [2.24, 2.45) is 0 Å². The van der Waals surface area contributed by atoms with Crippen LogP contribution in [0.1, 0.15) is 13.8 Å². The largest absolute Gasteiger partial charge is 0.465 e. The first-order valence-electron chi connectivity index (χ1n) is 5.01. The molecule has 1 rings (SSSR count). The second-order valence-corrected chi connectivity index (χ2v) is 4.91. The Morgan fingerprint density at radius 3 is 2.11 bits per heavy atom. The molecule has 18 heavy (non-hydrogen) atoms. The molecule has 102 valence electrons. The third-order valence-corrected chi connectivity index (χ3v) is 2.67. The Morgan fingerprint density at radius 2 is 1.67 bits per heavy atom. The lowest BCUT2D eigenvalue weighted by molar-refractivity contribution is -0.00557. The molecule has 0 spiro atoms. The zero-order chi connectivity index (χ0) is 13.9. The summed E-state index contributed by atoms with van der Waals surface area (Å²) in [7, 11) is -4.54. The van der Waals surface area contributed by atoms with E-state index in [1.54, 1.807) is 0 Å². The molecule has 0 heterocycles. The lowest BCUT2D eigenvalue weighted by atomic mass is 10.3. The van der Waals surface area contributed by atoms with Gasteiger partial charge in [0.1, 0.15) is 16.4 Å². The van der Waals surface area contributed by atoms with Gasteiger partial charge in [-0.05, 0) is 26.0 Å². The number of hydrogen-bond acceptors (Lipinski definition) is 6. The molecule has 1 aromatic rings. The molecule has 2 atom stereocenters. The van der Waals surface area contributed by atoms with Crippen molar-refractivity contribution < 1.29 is 32.7 Å². The molecular weight excluding hydrogens is 264 g/mol. The first-order chi connectivity index (χ1) is 8.20. The van der Waals surface area contributed by atoms with E-state index >= 15 is 0 Å². The van der Waals surface area contributed by atoms with Crippen LogP contribution in [0.2, 0.25) is 0 Å². The van der Waals surface area contributed by atoms with Crippen molar-refractivity contribution in [3.05, 3.63) is 18.2 Å². The number of benzene rings is 1. The van der Waals surface area contributed by atoms with Crippen LogP contribution in [0, 0.1) is 0 Å². The van der Waals surface area contributed by atoms with E-state index in [0.29, 0.717) is 0 Å². The molecule has 7 nitrogen and oxygen atoms in total. The minimum Gasteiger partial charge on any atom is -0.465 e. The molecule has 0 aliphatic carbocycles. The summed E-state index contributed by atoms with van der Waals surface area (Å²) in [4.78, 5) is -0.554. The van der Waals surface area contributed by atoms with Gasteiger partial charge in [-0.1, -0.05) is 0 Å². The standard InChI is InChI=1S/C10H14O7S/c1-6(11)16-8-3-4-9(17-7(2)12)10(5-8)18(13,14)15/h3-7,11-12H,1-2H3,(H,13,14,15). The van der Waals surface area contributed by atoms with Crippen LogP contribution >= 0.6 is 0 Å². The number of rotatable bonds is 5. The zero-order valence-corrected chi connectivity index (χ0v) is 10.6. The highest BCUT2D eigenvalue weighted by atomic mass is 32.2.